The van der Waals surface area contributed by atoms with Crippen molar-refractivity contribution < 1.29 is 5.11 Å². The topological polar surface area (TPSA) is 46.2 Å². The molecule has 0 aliphatic carbocycles. The number of nitrogens with two attached hydrogens (primary N) is 1. The van der Waals surface area contributed by atoms with Gasteiger partial charge in [0, 0.05) is 0 Å². The van der Waals surface area contributed by atoms with Gasteiger partial charge in [0.2, 0.25) is 0 Å². The van der Waals surface area contributed by atoms with Crippen LogP contribution >= 0.6 is 0 Å². The van der Waals surface area contributed by atoms with Crippen LogP contribution in [0.5, 0.6) is 0 Å². The van der Waals surface area contributed by atoms with Crippen molar-refractivity contribution in [2.45, 2.75) is 26.8 Å². The maximum Gasteiger partial charge on any atom is 0.0624 e. The van der Waals surface area contributed by atoms with Gasteiger partial charge in [-0.2, -0.15) is 0 Å². The fourth-order valence-corrected chi connectivity index (χ4v) is 1.01. The summed E-state index contributed by atoms with van der Waals surface area (Å²) in [5.74, 6) is 0. The Morgan fingerprint density at radius 1 is 1.38 bits per heavy atom. The van der Waals surface area contributed by atoms with Crippen molar-refractivity contribution in [3.05, 3.63) is 35.4 Å². The highest BCUT2D eigenvalue weighted by Gasteiger charge is 2.02. The van der Waals surface area contributed by atoms with Gasteiger partial charge in [-0.15, -0.1) is 0 Å². The summed E-state index contributed by atoms with van der Waals surface area (Å²) < 4.78 is 0. The van der Waals surface area contributed by atoms with Crippen LogP contribution in [-0.2, 0) is 0 Å². The zero-order valence-electron chi connectivity index (χ0n) is 8.62. The fourth-order valence-electron chi connectivity index (χ4n) is 1.01. The number of benzene rings is 1. The molecule has 3 N–H and O–H groups in total. The van der Waals surface area contributed by atoms with Crippen LogP contribution in [-0.4, -0.2) is 11.7 Å². The van der Waals surface area contributed by atoms with Gasteiger partial charge in [0.05, 0.1) is 12.6 Å². The first kappa shape index (κ1) is 12.1. The molecule has 0 aliphatic heterocycles. The molecule has 1 atom stereocenters. The molecule has 1 aromatic carbocycles. The molecule has 0 fully saturated rings. The Labute approximate surface area is 80.4 Å². The highest BCUT2D eigenvalue weighted by Crippen LogP contribution is 2.10. The molecule has 0 bridgehead atoms. The van der Waals surface area contributed by atoms with Crippen LogP contribution in [0.15, 0.2) is 24.3 Å². The second-order valence-electron chi connectivity index (χ2n) is 2.70. The maximum absolute atomic E-state index is 8.75. The second-order valence-corrected chi connectivity index (χ2v) is 2.70. The second kappa shape index (κ2) is 6.63. The standard InChI is InChI=1S/C9H13NO.C2H6/c1-7-3-2-4-8(5-7)9(10)6-11;1-2/h2-5,9,11H,6,10H2,1H3;1-2H3. The van der Waals surface area contributed by atoms with E-state index in [0.29, 0.717) is 0 Å². The Balaban J connectivity index is 0.000000671. The molecular formula is C11H19NO. The normalized spacial score (nSPS) is 11.5. The van der Waals surface area contributed by atoms with Gasteiger partial charge in [-0.3, -0.25) is 0 Å². The number of hydrogen-bond donors (Lipinski definition) is 2. The highest BCUT2D eigenvalue weighted by molar-refractivity contribution is 5.24. The van der Waals surface area contributed by atoms with Gasteiger partial charge in [0.15, 0.2) is 0 Å². The van der Waals surface area contributed by atoms with Crippen LogP contribution in [0.3, 0.4) is 0 Å². The summed E-state index contributed by atoms with van der Waals surface area (Å²) in [7, 11) is 0. The van der Waals surface area contributed by atoms with E-state index in [0.717, 1.165) is 5.56 Å². The number of hydrogen-bond acceptors (Lipinski definition) is 2. The van der Waals surface area contributed by atoms with Gasteiger partial charge in [0.25, 0.3) is 0 Å². The molecular weight excluding hydrogens is 162 g/mol. The van der Waals surface area contributed by atoms with Gasteiger partial charge in [0.1, 0.15) is 0 Å². The first-order chi connectivity index (χ1) is 6.24. The smallest absolute Gasteiger partial charge is 0.0624 e. The molecule has 0 saturated heterocycles. The lowest BCUT2D eigenvalue weighted by molar-refractivity contribution is 0.268. The van der Waals surface area contributed by atoms with Crippen molar-refractivity contribution >= 4 is 0 Å². The molecule has 1 rings (SSSR count). The van der Waals surface area contributed by atoms with Gasteiger partial charge < -0.3 is 10.8 Å². The molecule has 2 heteroatoms. The number of aryl methyl sites for hydroxylation is 1. The van der Waals surface area contributed by atoms with Gasteiger partial charge in [-0.25, -0.2) is 0 Å². The van der Waals surface area contributed by atoms with Gasteiger partial charge >= 0.3 is 0 Å². The minimum Gasteiger partial charge on any atom is -0.394 e. The summed E-state index contributed by atoms with van der Waals surface area (Å²) in [5, 5.41) is 8.75. The van der Waals surface area contributed by atoms with Crippen molar-refractivity contribution in [2.24, 2.45) is 5.73 Å². The molecule has 13 heavy (non-hydrogen) atoms. The summed E-state index contributed by atoms with van der Waals surface area (Å²) >= 11 is 0. The van der Waals surface area contributed by atoms with E-state index >= 15 is 0 Å². The maximum atomic E-state index is 8.75. The zero-order valence-corrected chi connectivity index (χ0v) is 8.62. The number of aliphatic hydroxyl groups is 1. The summed E-state index contributed by atoms with van der Waals surface area (Å²) in [4.78, 5) is 0. The molecule has 1 unspecified atom stereocenters. The minimum atomic E-state index is -0.241. The Hall–Kier alpha value is -0.860. The Bertz CT molecular complexity index is 235. The molecule has 74 valence electrons. The summed E-state index contributed by atoms with van der Waals surface area (Å²) in [6, 6.07) is 7.62. The fraction of sp³-hybridized carbons (Fsp3) is 0.455. The molecule has 0 spiro atoms. The molecule has 1 aromatic rings. The van der Waals surface area contributed by atoms with E-state index in [1.54, 1.807) is 0 Å². The Morgan fingerprint density at radius 3 is 2.46 bits per heavy atom. The monoisotopic (exact) mass is 181 g/mol. The van der Waals surface area contributed by atoms with Crippen LogP contribution in [0.4, 0.5) is 0 Å². The average molecular weight is 181 g/mol. The van der Waals surface area contributed by atoms with Crippen molar-refractivity contribution in [3.63, 3.8) is 0 Å². The molecule has 0 amide bonds. The van der Waals surface area contributed by atoms with E-state index in [4.69, 9.17) is 10.8 Å². The lowest BCUT2D eigenvalue weighted by atomic mass is 10.1. The number of rotatable bonds is 2. The lowest BCUT2D eigenvalue weighted by Crippen LogP contribution is -2.14. The van der Waals surface area contributed by atoms with Crippen LogP contribution in [0.25, 0.3) is 0 Å². The first-order valence-corrected chi connectivity index (χ1v) is 4.67. The van der Waals surface area contributed by atoms with E-state index in [1.807, 2.05) is 45.0 Å². The lowest BCUT2D eigenvalue weighted by Gasteiger charge is -2.08. The van der Waals surface area contributed by atoms with Crippen molar-refractivity contribution in [1.82, 2.24) is 0 Å². The van der Waals surface area contributed by atoms with Crippen LogP contribution < -0.4 is 5.73 Å². The Morgan fingerprint density at radius 2 is 2.00 bits per heavy atom. The van der Waals surface area contributed by atoms with Gasteiger partial charge in [-0.1, -0.05) is 43.7 Å². The van der Waals surface area contributed by atoms with E-state index in [1.165, 1.54) is 5.56 Å². The number of aliphatic hydroxyl groups excluding tert-OH is 1. The third-order valence-electron chi connectivity index (χ3n) is 1.67. The summed E-state index contributed by atoms with van der Waals surface area (Å²) in [5.41, 5.74) is 7.78. The predicted octanol–water partition coefficient (Wildman–Crippen LogP) is 2.01. The van der Waals surface area contributed by atoms with E-state index in [9.17, 15) is 0 Å². The highest BCUT2D eigenvalue weighted by atomic mass is 16.3. The van der Waals surface area contributed by atoms with E-state index < -0.39 is 0 Å². The van der Waals surface area contributed by atoms with Crippen molar-refractivity contribution in [1.29, 1.82) is 0 Å². The van der Waals surface area contributed by atoms with Crippen LogP contribution in [0.1, 0.15) is 31.0 Å². The van der Waals surface area contributed by atoms with Crippen LogP contribution in [0, 0.1) is 6.92 Å². The molecule has 0 saturated carbocycles. The first-order valence-electron chi connectivity index (χ1n) is 4.67. The van der Waals surface area contributed by atoms with Crippen molar-refractivity contribution in [3.8, 4) is 0 Å². The van der Waals surface area contributed by atoms with E-state index in [-0.39, 0.29) is 12.6 Å². The third kappa shape index (κ3) is 4.06. The summed E-state index contributed by atoms with van der Waals surface area (Å²) in [6.07, 6.45) is 0. The molecule has 0 heterocycles. The SMILES string of the molecule is CC.Cc1cccc(C(N)CO)c1. The van der Waals surface area contributed by atoms with E-state index in [2.05, 4.69) is 0 Å². The van der Waals surface area contributed by atoms with Crippen molar-refractivity contribution in [2.75, 3.05) is 6.61 Å². The quantitative estimate of drug-likeness (QED) is 0.733. The predicted molar refractivity (Wildman–Crippen MR) is 56.5 cm³/mol. The average Bonchev–Trinajstić information content (AvgIpc) is 2.20. The summed E-state index contributed by atoms with van der Waals surface area (Å²) in [6.45, 7) is 6.01. The van der Waals surface area contributed by atoms with Crippen LogP contribution in [0.2, 0.25) is 0 Å². The minimum absolute atomic E-state index is 0.00343. The largest absolute Gasteiger partial charge is 0.394 e. The molecule has 0 radical (unpaired) electrons. The molecule has 0 aromatic heterocycles. The molecule has 0 aliphatic rings. The van der Waals surface area contributed by atoms with Gasteiger partial charge in [-0.05, 0) is 12.5 Å². The Kier molecular flexibility index (Phi) is 6.20. The molecule has 2 nitrogen and oxygen atoms in total. The third-order valence-corrected chi connectivity index (χ3v) is 1.67. The zero-order chi connectivity index (χ0) is 10.3.